The van der Waals surface area contributed by atoms with Crippen molar-refractivity contribution in [1.29, 1.82) is 0 Å². The van der Waals surface area contributed by atoms with Gasteiger partial charge in [-0.3, -0.25) is 0 Å². The summed E-state index contributed by atoms with van der Waals surface area (Å²) >= 11 is 13.9. The third kappa shape index (κ3) is 2.69. The Morgan fingerprint density at radius 1 is 1.28 bits per heavy atom. The zero-order valence-electron chi connectivity index (χ0n) is 10.4. The van der Waals surface area contributed by atoms with Gasteiger partial charge in [0.15, 0.2) is 0 Å². The van der Waals surface area contributed by atoms with Crippen LogP contribution < -0.4 is 5.32 Å². The highest BCUT2D eigenvalue weighted by Gasteiger charge is 2.19. The minimum absolute atomic E-state index is 0.00664. The Morgan fingerprint density at radius 2 is 2.00 bits per heavy atom. The molecule has 2 rings (SSSR count). The molecule has 5 heteroatoms. The van der Waals surface area contributed by atoms with E-state index in [0.717, 1.165) is 16.3 Å². The Hall–Kier alpha value is -0.610. The maximum atomic E-state index is 6.25. The zero-order valence-corrected chi connectivity index (χ0v) is 12.7. The van der Waals surface area contributed by atoms with E-state index in [2.05, 4.69) is 17.2 Å². The molecule has 0 spiro atoms. The summed E-state index contributed by atoms with van der Waals surface area (Å²) in [6, 6.07) is 5.56. The minimum atomic E-state index is 0.00664. The van der Waals surface area contributed by atoms with Gasteiger partial charge in [-0.1, -0.05) is 29.3 Å². The van der Waals surface area contributed by atoms with E-state index in [4.69, 9.17) is 23.2 Å². The average Bonchev–Trinajstić information content (AvgIpc) is 2.63. The van der Waals surface area contributed by atoms with E-state index in [-0.39, 0.29) is 6.04 Å². The second-order valence-electron chi connectivity index (χ2n) is 4.08. The first-order valence-corrected chi connectivity index (χ1v) is 7.16. The molecule has 1 unspecified atom stereocenters. The number of benzene rings is 1. The highest BCUT2D eigenvalue weighted by molar-refractivity contribution is 7.11. The van der Waals surface area contributed by atoms with Crippen LogP contribution in [0.25, 0.3) is 0 Å². The standard InChI is InChI=1S/C13H14Cl2N2S/c1-7-8(2)18-13(17-7)12(16-3)10-5-4-9(14)6-11(10)15/h4-6,12,16H,1-3H3. The van der Waals surface area contributed by atoms with Crippen molar-refractivity contribution < 1.29 is 0 Å². The number of halogens is 2. The molecule has 18 heavy (non-hydrogen) atoms. The van der Waals surface area contributed by atoms with Crippen LogP contribution in [-0.4, -0.2) is 12.0 Å². The maximum absolute atomic E-state index is 6.25. The summed E-state index contributed by atoms with van der Waals surface area (Å²) in [7, 11) is 1.90. The Balaban J connectivity index is 2.45. The normalized spacial score (nSPS) is 12.7. The number of hydrogen-bond acceptors (Lipinski definition) is 3. The van der Waals surface area contributed by atoms with Crippen molar-refractivity contribution in [2.24, 2.45) is 0 Å². The Morgan fingerprint density at radius 3 is 2.50 bits per heavy atom. The quantitative estimate of drug-likeness (QED) is 0.910. The molecule has 2 nitrogen and oxygen atoms in total. The van der Waals surface area contributed by atoms with Crippen molar-refractivity contribution in [1.82, 2.24) is 10.3 Å². The van der Waals surface area contributed by atoms with Crippen molar-refractivity contribution in [3.8, 4) is 0 Å². The van der Waals surface area contributed by atoms with Crippen LogP contribution in [0.4, 0.5) is 0 Å². The summed E-state index contributed by atoms with van der Waals surface area (Å²) in [6.07, 6.45) is 0. The smallest absolute Gasteiger partial charge is 0.115 e. The Kier molecular flexibility index (Phi) is 4.28. The number of thiazole rings is 1. The molecule has 0 saturated carbocycles. The van der Waals surface area contributed by atoms with Gasteiger partial charge >= 0.3 is 0 Å². The van der Waals surface area contributed by atoms with Gasteiger partial charge in [0, 0.05) is 14.9 Å². The highest BCUT2D eigenvalue weighted by Crippen LogP contribution is 2.32. The fraction of sp³-hybridized carbons (Fsp3) is 0.308. The van der Waals surface area contributed by atoms with E-state index >= 15 is 0 Å². The number of hydrogen-bond donors (Lipinski definition) is 1. The Labute approximate surface area is 121 Å². The second-order valence-corrected chi connectivity index (χ2v) is 6.16. The van der Waals surface area contributed by atoms with Crippen LogP contribution in [0.3, 0.4) is 0 Å². The van der Waals surface area contributed by atoms with Gasteiger partial charge in [0.05, 0.1) is 11.7 Å². The first-order chi connectivity index (χ1) is 8.52. The molecular weight excluding hydrogens is 287 g/mol. The molecule has 2 aromatic rings. The third-order valence-corrected chi connectivity index (χ3v) is 4.55. The zero-order chi connectivity index (χ0) is 13.3. The molecule has 1 N–H and O–H groups in total. The van der Waals surface area contributed by atoms with Gasteiger partial charge in [0.1, 0.15) is 5.01 Å². The molecule has 0 radical (unpaired) electrons. The van der Waals surface area contributed by atoms with E-state index < -0.39 is 0 Å². The minimum Gasteiger partial charge on any atom is -0.307 e. The molecule has 1 aromatic carbocycles. The van der Waals surface area contributed by atoms with Crippen LogP contribution in [0.5, 0.6) is 0 Å². The van der Waals surface area contributed by atoms with Crippen molar-refractivity contribution in [3.05, 3.63) is 49.4 Å². The van der Waals surface area contributed by atoms with Gasteiger partial charge in [-0.2, -0.15) is 0 Å². The lowest BCUT2D eigenvalue weighted by Crippen LogP contribution is -2.17. The van der Waals surface area contributed by atoms with E-state index in [0.29, 0.717) is 10.0 Å². The molecular formula is C13H14Cl2N2S. The van der Waals surface area contributed by atoms with Gasteiger partial charge in [-0.05, 0) is 38.6 Å². The monoisotopic (exact) mass is 300 g/mol. The molecule has 0 aliphatic carbocycles. The first kappa shape index (κ1) is 13.8. The molecule has 0 aliphatic rings. The number of nitrogens with zero attached hydrogens (tertiary/aromatic N) is 1. The lowest BCUT2D eigenvalue weighted by atomic mass is 10.1. The second kappa shape index (κ2) is 5.57. The van der Waals surface area contributed by atoms with Crippen LogP contribution in [0.2, 0.25) is 10.0 Å². The molecule has 1 heterocycles. The maximum Gasteiger partial charge on any atom is 0.115 e. The molecule has 1 aromatic heterocycles. The predicted octanol–water partition coefficient (Wildman–Crippen LogP) is 4.38. The van der Waals surface area contributed by atoms with E-state index in [1.54, 1.807) is 17.4 Å². The van der Waals surface area contributed by atoms with E-state index in [9.17, 15) is 0 Å². The summed E-state index contributed by atoms with van der Waals surface area (Å²) in [4.78, 5) is 5.82. The molecule has 96 valence electrons. The Bertz CT molecular complexity index is 547. The summed E-state index contributed by atoms with van der Waals surface area (Å²) < 4.78 is 0. The van der Waals surface area contributed by atoms with Crippen molar-refractivity contribution >= 4 is 34.5 Å². The van der Waals surface area contributed by atoms with E-state index in [1.807, 2.05) is 26.1 Å². The van der Waals surface area contributed by atoms with Gasteiger partial charge in [0.25, 0.3) is 0 Å². The third-order valence-electron chi connectivity index (χ3n) is 2.85. The van der Waals surface area contributed by atoms with Gasteiger partial charge in [0.2, 0.25) is 0 Å². The number of rotatable bonds is 3. The van der Waals surface area contributed by atoms with Crippen LogP contribution in [0.1, 0.15) is 27.2 Å². The van der Waals surface area contributed by atoms with Crippen molar-refractivity contribution in [2.75, 3.05) is 7.05 Å². The van der Waals surface area contributed by atoms with E-state index in [1.165, 1.54) is 4.88 Å². The van der Waals surface area contributed by atoms with Crippen LogP contribution >= 0.6 is 34.5 Å². The fourth-order valence-electron chi connectivity index (χ4n) is 1.77. The molecule has 1 atom stereocenters. The fourth-order valence-corrected chi connectivity index (χ4v) is 3.34. The summed E-state index contributed by atoms with van der Waals surface area (Å²) in [5.41, 5.74) is 2.07. The SMILES string of the molecule is CNC(c1nc(C)c(C)s1)c1ccc(Cl)cc1Cl. The summed E-state index contributed by atoms with van der Waals surface area (Å²) in [5, 5.41) is 5.58. The highest BCUT2D eigenvalue weighted by atomic mass is 35.5. The van der Waals surface area contributed by atoms with Crippen LogP contribution in [0, 0.1) is 13.8 Å². The van der Waals surface area contributed by atoms with Crippen LogP contribution in [0.15, 0.2) is 18.2 Å². The lowest BCUT2D eigenvalue weighted by molar-refractivity contribution is 0.685. The summed E-state index contributed by atoms with van der Waals surface area (Å²) in [6.45, 7) is 4.10. The molecule has 0 amide bonds. The predicted molar refractivity (Wildman–Crippen MR) is 79.0 cm³/mol. The van der Waals surface area contributed by atoms with Gasteiger partial charge in [-0.15, -0.1) is 11.3 Å². The molecule has 0 aliphatic heterocycles. The number of aromatic nitrogens is 1. The van der Waals surface area contributed by atoms with Crippen molar-refractivity contribution in [3.63, 3.8) is 0 Å². The molecule has 0 fully saturated rings. The average molecular weight is 301 g/mol. The molecule has 0 saturated heterocycles. The first-order valence-electron chi connectivity index (χ1n) is 5.59. The summed E-state index contributed by atoms with van der Waals surface area (Å²) in [5.74, 6) is 0. The number of aryl methyl sites for hydroxylation is 2. The molecule has 0 bridgehead atoms. The van der Waals surface area contributed by atoms with Gasteiger partial charge in [-0.25, -0.2) is 4.98 Å². The largest absolute Gasteiger partial charge is 0.307 e. The van der Waals surface area contributed by atoms with Crippen LogP contribution in [-0.2, 0) is 0 Å². The lowest BCUT2D eigenvalue weighted by Gasteiger charge is -2.15. The van der Waals surface area contributed by atoms with Gasteiger partial charge < -0.3 is 5.32 Å². The topological polar surface area (TPSA) is 24.9 Å². The van der Waals surface area contributed by atoms with Crippen molar-refractivity contribution in [2.45, 2.75) is 19.9 Å². The number of nitrogens with one attached hydrogen (secondary N) is 1.